The van der Waals surface area contributed by atoms with E-state index in [-0.39, 0.29) is 0 Å². The number of aryl methyl sites for hydroxylation is 2. The minimum atomic E-state index is 0.310. The maximum atomic E-state index is 6.07. The Balaban J connectivity index is 1.30. The van der Waals surface area contributed by atoms with E-state index in [1.54, 1.807) is 12.4 Å². The van der Waals surface area contributed by atoms with Gasteiger partial charge < -0.3 is 4.74 Å². The summed E-state index contributed by atoms with van der Waals surface area (Å²) < 4.78 is 8.45. The van der Waals surface area contributed by atoms with Gasteiger partial charge in [0.05, 0.1) is 17.6 Å². The van der Waals surface area contributed by atoms with Crippen LogP contribution in [0.5, 0.6) is 5.75 Å². The molecule has 0 bridgehead atoms. The fourth-order valence-electron chi connectivity index (χ4n) is 3.63. The molecule has 122 valence electrons. The number of rotatable bonds is 4. The monoisotopic (exact) mass is 330 g/mol. The zero-order valence-corrected chi connectivity index (χ0v) is 14.4. The Morgan fingerprint density at radius 2 is 2.30 bits per heavy atom. The minimum Gasteiger partial charge on any atom is -0.488 e. The summed E-state index contributed by atoms with van der Waals surface area (Å²) in [6.07, 6.45) is 5.02. The van der Waals surface area contributed by atoms with E-state index in [1.165, 1.54) is 5.69 Å². The van der Waals surface area contributed by atoms with Crippen molar-refractivity contribution in [3.8, 4) is 5.75 Å². The van der Waals surface area contributed by atoms with Gasteiger partial charge in [-0.2, -0.15) is 5.10 Å². The second-order valence-corrected chi connectivity index (χ2v) is 8.16. The fourth-order valence-corrected chi connectivity index (χ4v) is 5.21. The van der Waals surface area contributed by atoms with Gasteiger partial charge >= 0.3 is 0 Å². The lowest BCUT2D eigenvalue weighted by Crippen LogP contribution is -2.58. The van der Waals surface area contributed by atoms with Crippen molar-refractivity contribution in [3.05, 3.63) is 42.0 Å². The van der Waals surface area contributed by atoms with E-state index in [1.807, 2.05) is 30.8 Å². The highest BCUT2D eigenvalue weighted by Crippen LogP contribution is 2.46. The van der Waals surface area contributed by atoms with Crippen molar-refractivity contribution in [1.82, 2.24) is 19.7 Å². The van der Waals surface area contributed by atoms with Gasteiger partial charge in [-0.3, -0.25) is 14.6 Å². The van der Waals surface area contributed by atoms with E-state index < -0.39 is 0 Å². The molecule has 6 heteroatoms. The summed E-state index contributed by atoms with van der Waals surface area (Å²) in [6.45, 7) is 5.34. The molecule has 2 fully saturated rings. The summed E-state index contributed by atoms with van der Waals surface area (Å²) in [5.74, 6) is 1.96. The average Bonchev–Trinajstić information content (AvgIpc) is 3.04. The molecule has 1 atom stereocenters. The van der Waals surface area contributed by atoms with Crippen LogP contribution in [0.25, 0.3) is 0 Å². The van der Waals surface area contributed by atoms with Crippen LogP contribution in [-0.2, 0) is 13.6 Å². The Bertz CT molecular complexity index is 681. The van der Waals surface area contributed by atoms with Gasteiger partial charge in [0.2, 0.25) is 0 Å². The summed E-state index contributed by atoms with van der Waals surface area (Å²) in [5.41, 5.74) is 2.39. The summed E-state index contributed by atoms with van der Waals surface area (Å²) in [4.78, 5) is 6.63. The molecule has 0 aliphatic carbocycles. The lowest BCUT2D eigenvalue weighted by molar-refractivity contribution is 0.0897. The molecule has 0 unspecified atom stereocenters. The highest BCUT2D eigenvalue weighted by molar-refractivity contribution is 8.01. The van der Waals surface area contributed by atoms with Gasteiger partial charge in [0.1, 0.15) is 11.9 Å². The largest absolute Gasteiger partial charge is 0.488 e. The average molecular weight is 330 g/mol. The van der Waals surface area contributed by atoms with E-state index >= 15 is 0 Å². The Morgan fingerprint density at radius 1 is 1.43 bits per heavy atom. The van der Waals surface area contributed by atoms with E-state index in [0.717, 1.165) is 43.3 Å². The molecule has 4 rings (SSSR count). The normalized spacial score (nSPS) is 23.1. The third-order valence-electron chi connectivity index (χ3n) is 4.62. The van der Waals surface area contributed by atoms with Crippen molar-refractivity contribution in [2.45, 2.75) is 30.7 Å². The van der Waals surface area contributed by atoms with Gasteiger partial charge in [-0.1, -0.05) is 0 Å². The lowest BCUT2D eigenvalue weighted by atomic mass is 9.93. The predicted octanol–water partition coefficient (Wildman–Crippen LogP) is 2.26. The van der Waals surface area contributed by atoms with Gasteiger partial charge in [0.15, 0.2) is 0 Å². The van der Waals surface area contributed by atoms with Crippen molar-refractivity contribution in [1.29, 1.82) is 0 Å². The van der Waals surface area contributed by atoms with E-state index in [2.05, 4.69) is 32.8 Å². The van der Waals surface area contributed by atoms with Gasteiger partial charge in [0, 0.05) is 49.8 Å². The first-order valence-electron chi connectivity index (χ1n) is 8.04. The molecule has 2 aliphatic rings. The Morgan fingerprint density at radius 3 is 3.00 bits per heavy atom. The second kappa shape index (κ2) is 5.83. The number of ether oxygens (including phenoxy) is 1. The van der Waals surface area contributed by atoms with Crippen LogP contribution in [0.15, 0.2) is 30.6 Å². The number of hydrogen-bond acceptors (Lipinski definition) is 5. The maximum Gasteiger partial charge on any atom is 0.138 e. The van der Waals surface area contributed by atoms with Crippen LogP contribution in [-0.4, -0.2) is 49.4 Å². The van der Waals surface area contributed by atoms with Gasteiger partial charge in [0.25, 0.3) is 0 Å². The molecule has 0 N–H and O–H groups in total. The molecule has 5 nitrogen and oxygen atoms in total. The first kappa shape index (κ1) is 15.0. The number of likely N-dealkylation sites (tertiary alicyclic amines) is 1. The molecule has 2 aromatic rings. The predicted molar refractivity (Wildman–Crippen MR) is 91.7 cm³/mol. The van der Waals surface area contributed by atoms with Gasteiger partial charge in [-0.25, -0.2) is 0 Å². The fraction of sp³-hybridized carbons (Fsp3) is 0.529. The number of aromatic nitrogens is 3. The molecular weight excluding hydrogens is 308 g/mol. The molecule has 0 radical (unpaired) electrons. The second-order valence-electron chi connectivity index (χ2n) is 6.67. The van der Waals surface area contributed by atoms with Crippen molar-refractivity contribution >= 4 is 11.8 Å². The standard InChI is InChI=1S/C17H22N4OS/c1-13-6-14(20(2)19-13)9-21-11-17(12-21)7-16(10-23-17)22-15-4-3-5-18-8-15/h3-6,8,16H,7,9-12H2,1-2H3/t16-/m0/s1. The Kier molecular flexibility index (Phi) is 3.81. The first-order valence-corrected chi connectivity index (χ1v) is 9.03. The van der Waals surface area contributed by atoms with Crippen molar-refractivity contribution in [2.24, 2.45) is 7.05 Å². The third-order valence-corrected chi connectivity index (χ3v) is 6.20. The Hall–Kier alpha value is -1.53. The SMILES string of the molecule is Cc1cc(CN2CC3(C[C@H](Oc4cccnc4)CS3)C2)n(C)n1. The smallest absolute Gasteiger partial charge is 0.138 e. The lowest BCUT2D eigenvalue weighted by Gasteiger charge is -2.47. The third kappa shape index (κ3) is 3.10. The molecule has 0 saturated carbocycles. The number of hydrogen-bond donors (Lipinski definition) is 0. The number of pyridine rings is 1. The van der Waals surface area contributed by atoms with Crippen LogP contribution in [0.2, 0.25) is 0 Å². The quantitative estimate of drug-likeness (QED) is 0.860. The topological polar surface area (TPSA) is 43.2 Å². The molecule has 2 aromatic heterocycles. The van der Waals surface area contributed by atoms with Crippen molar-refractivity contribution < 1.29 is 4.74 Å². The maximum absolute atomic E-state index is 6.07. The van der Waals surface area contributed by atoms with E-state index in [4.69, 9.17) is 4.74 Å². The zero-order valence-electron chi connectivity index (χ0n) is 13.6. The van der Waals surface area contributed by atoms with Crippen LogP contribution >= 0.6 is 11.8 Å². The highest BCUT2D eigenvalue weighted by Gasteiger charge is 2.49. The molecule has 0 amide bonds. The molecular formula is C17H22N4OS. The van der Waals surface area contributed by atoms with E-state index in [9.17, 15) is 0 Å². The summed E-state index contributed by atoms with van der Waals surface area (Å²) in [7, 11) is 2.03. The van der Waals surface area contributed by atoms with Crippen molar-refractivity contribution in [2.75, 3.05) is 18.8 Å². The van der Waals surface area contributed by atoms with Crippen LogP contribution in [0, 0.1) is 6.92 Å². The first-order chi connectivity index (χ1) is 11.1. The van der Waals surface area contributed by atoms with Crippen LogP contribution in [0.4, 0.5) is 0 Å². The van der Waals surface area contributed by atoms with Gasteiger partial charge in [-0.05, 0) is 25.1 Å². The molecule has 2 aliphatic heterocycles. The number of thioether (sulfide) groups is 1. The summed E-state index contributed by atoms with van der Waals surface area (Å²) >= 11 is 2.07. The number of nitrogens with zero attached hydrogens (tertiary/aromatic N) is 4. The van der Waals surface area contributed by atoms with Crippen molar-refractivity contribution in [3.63, 3.8) is 0 Å². The highest BCUT2D eigenvalue weighted by atomic mass is 32.2. The summed E-state index contributed by atoms with van der Waals surface area (Å²) in [6, 6.07) is 6.09. The van der Waals surface area contributed by atoms with Gasteiger partial charge in [-0.15, -0.1) is 11.8 Å². The molecule has 1 spiro atoms. The molecule has 23 heavy (non-hydrogen) atoms. The van der Waals surface area contributed by atoms with E-state index in [0.29, 0.717) is 10.9 Å². The zero-order chi connectivity index (χ0) is 15.9. The molecule has 2 saturated heterocycles. The molecule has 4 heterocycles. The van der Waals surface area contributed by atoms with Crippen LogP contribution in [0.1, 0.15) is 17.8 Å². The minimum absolute atomic E-state index is 0.310. The molecule has 0 aromatic carbocycles. The van der Waals surface area contributed by atoms with Crippen LogP contribution in [0.3, 0.4) is 0 Å². The van der Waals surface area contributed by atoms with Crippen LogP contribution < -0.4 is 4.74 Å². The Labute approximate surface area is 141 Å². The summed E-state index contributed by atoms with van der Waals surface area (Å²) in [5, 5.41) is 4.43.